The normalized spacial score (nSPS) is 10.7. The maximum Gasteiger partial charge on any atom is 0.305 e. The summed E-state index contributed by atoms with van der Waals surface area (Å²) in [6, 6.07) is 25.0. The molecule has 1 heterocycles. The zero-order valence-corrected chi connectivity index (χ0v) is 20.7. The first-order valence-electron chi connectivity index (χ1n) is 11.7. The van der Waals surface area contributed by atoms with Crippen molar-refractivity contribution in [3.05, 3.63) is 113 Å². The van der Waals surface area contributed by atoms with Crippen LogP contribution < -0.4 is 10.2 Å². The Morgan fingerprint density at radius 3 is 2.44 bits per heavy atom. The van der Waals surface area contributed by atoms with E-state index in [1.54, 1.807) is 12.1 Å². The molecule has 0 saturated heterocycles. The lowest BCUT2D eigenvalue weighted by Gasteiger charge is -2.22. The summed E-state index contributed by atoms with van der Waals surface area (Å²) < 4.78 is 14.3. The van der Waals surface area contributed by atoms with Crippen LogP contribution in [-0.4, -0.2) is 29.1 Å². The molecule has 0 aliphatic heterocycles. The summed E-state index contributed by atoms with van der Waals surface area (Å²) >= 11 is 1.51. The molecule has 0 spiro atoms. The number of carbonyl (C=O) groups is 1. The van der Waals surface area contributed by atoms with Crippen molar-refractivity contribution >= 4 is 28.1 Å². The smallest absolute Gasteiger partial charge is 0.305 e. The molecule has 7 heteroatoms. The van der Waals surface area contributed by atoms with Gasteiger partial charge >= 0.3 is 5.97 Å². The van der Waals surface area contributed by atoms with E-state index in [1.807, 2.05) is 53.9 Å². The number of nitrogens with one attached hydrogen (secondary N) is 1. The molecule has 0 atom stereocenters. The fourth-order valence-electron chi connectivity index (χ4n) is 3.81. The summed E-state index contributed by atoms with van der Waals surface area (Å²) in [4.78, 5) is 17.7. The second-order valence-electron chi connectivity index (χ2n) is 8.40. The first kappa shape index (κ1) is 25.1. The van der Waals surface area contributed by atoms with Gasteiger partial charge in [0.25, 0.3) is 0 Å². The van der Waals surface area contributed by atoms with Crippen LogP contribution >= 0.6 is 11.3 Å². The van der Waals surface area contributed by atoms with Gasteiger partial charge in [-0.3, -0.25) is 4.79 Å². The lowest BCUT2D eigenvalue weighted by atomic mass is 10.1. The molecule has 0 aliphatic rings. The molecule has 4 rings (SSSR count). The van der Waals surface area contributed by atoms with Gasteiger partial charge in [0.2, 0.25) is 0 Å². The van der Waals surface area contributed by atoms with Crippen LogP contribution in [0, 0.1) is 5.82 Å². The third-order valence-electron chi connectivity index (χ3n) is 5.78. The van der Waals surface area contributed by atoms with Crippen molar-refractivity contribution < 1.29 is 14.3 Å². The third-order valence-corrected chi connectivity index (χ3v) is 6.68. The summed E-state index contributed by atoms with van der Waals surface area (Å²) in [5.41, 5.74) is 5.09. The lowest BCUT2D eigenvalue weighted by molar-refractivity contribution is -0.136. The van der Waals surface area contributed by atoms with Gasteiger partial charge < -0.3 is 15.3 Å². The molecule has 0 saturated carbocycles. The van der Waals surface area contributed by atoms with Gasteiger partial charge in [-0.1, -0.05) is 73.3 Å². The van der Waals surface area contributed by atoms with E-state index in [0.717, 1.165) is 29.2 Å². The number of aromatic nitrogens is 1. The van der Waals surface area contributed by atoms with E-state index < -0.39 is 5.97 Å². The molecule has 0 unspecified atom stereocenters. The molecule has 3 aromatic carbocycles. The molecule has 4 aromatic rings. The van der Waals surface area contributed by atoms with Crippen molar-refractivity contribution in [2.45, 2.75) is 19.4 Å². The number of thiazole rings is 1. The molecule has 184 valence electrons. The molecule has 0 aliphatic carbocycles. The number of carboxylic acid groups (broad SMARTS) is 1. The molecule has 0 radical (unpaired) electrons. The summed E-state index contributed by atoms with van der Waals surface area (Å²) in [6.07, 6.45) is 0.897. The first-order valence-corrected chi connectivity index (χ1v) is 12.6. The van der Waals surface area contributed by atoms with Crippen LogP contribution in [0.25, 0.3) is 17.0 Å². The Kier molecular flexibility index (Phi) is 8.47. The lowest BCUT2D eigenvalue weighted by Crippen LogP contribution is -2.25. The number of nitrogens with zero attached hydrogens (tertiary/aromatic N) is 2. The molecule has 5 nitrogen and oxygen atoms in total. The average Bonchev–Trinajstić information content (AvgIpc) is 3.37. The molecule has 0 amide bonds. The highest BCUT2D eigenvalue weighted by Crippen LogP contribution is 2.30. The molecule has 36 heavy (non-hydrogen) atoms. The second kappa shape index (κ2) is 12.1. The van der Waals surface area contributed by atoms with Crippen molar-refractivity contribution in [1.29, 1.82) is 0 Å². The highest BCUT2D eigenvalue weighted by Gasteiger charge is 2.15. The van der Waals surface area contributed by atoms with Gasteiger partial charge in [0, 0.05) is 36.3 Å². The van der Waals surface area contributed by atoms with Crippen LogP contribution in [0.4, 0.5) is 9.52 Å². The SMILES string of the molecule is C=C(NCCC(=O)O)c1ccc(CN(CCc2ccccc2)c2nc(-c3ccccc3F)cs2)cc1. The van der Waals surface area contributed by atoms with E-state index >= 15 is 0 Å². The van der Waals surface area contributed by atoms with Gasteiger partial charge in [-0.05, 0) is 35.2 Å². The zero-order chi connectivity index (χ0) is 25.3. The van der Waals surface area contributed by atoms with Crippen molar-refractivity contribution in [3.63, 3.8) is 0 Å². The minimum atomic E-state index is -0.846. The fourth-order valence-corrected chi connectivity index (χ4v) is 4.66. The molecule has 0 fully saturated rings. The second-order valence-corrected chi connectivity index (χ2v) is 9.23. The van der Waals surface area contributed by atoms with Gasteiger partial charge in [-0.2, -0.15) is 0 Å². The van der Waals surface area contributed by atoms with Crippen molar-refractivity contribution in [1.82, 2.24) is 10.3 Å². The highest BCUT2D eigenvalue weighted by molar-refractivity contribution is 7.14. The molecule has 1 aromatic heterocycles. The summed E-state index contributed by atoms with van der Waals surface area (Å²) in [6.45, 7) is 5.75. The minimum absolute atomic E-state index is 0.0379. The standard InChI is InChI=1S/C29H28FN3O2S/c1-21(31-17-15-28(34)35)24-13-11-23(12-14-24)19-33(18-16-22-7-3-2-4-8-22)29-32-27(20-36-29)25-9-5-6-10-26(25)30/h2-14,20,31H,1,15-19H2,(H,34,35). The minimum Gasteiger partial charge on any atom is -0.481 e. The maximum atomic E-state index is 14.3. The Morgan fingerprint density at radius 2 is 1.72 bits per heavy atom. The van der Waals surface area contributed by atoms with Gasteiger partial charge in [0.1, 0.15) is 5.82 Å². The predicted molar refractivity (Wildman–Crippen MR) is 144 cm³/mol. The van der Waals surface area contributed by atoms with Gasteiger partial charge in [-0.25, -0.2) is 9.37 Å². The van der Waals surface area contributed by atoms with Crippen LogP contribution in [0.2, 0.25) is 0 Å². The Morgan fingerprint density at radius 1 is 1.00 bits per heavy atom. The Labute approximate surface area is 214 Å². The first-order chi connectivity index (χ1) is 17.5. The summed E-state index contributed by atoms with van der Waals surface area (Å²) in [5.74, 6) is -1.13. The number of hydrogen-bond acceptors (Lipinski definition) is 5. The Hall–Kier alpha value is -3.97. The Bertz CT molecular complexity index is 1310. The van der Waals surface area contributed by atoms with E-state index in [1.165, 1.54) is 23.0 Å². The van der Waals surface area contributed by atoms with E-state index in [9.17, 15) is 9.18 Å². The monoisotopic (exact) mass is 501 g/mol. The van der Waals surface area contributed by atoms with Crippen LogP contribution in [0.1, 0.15) is 23.1 Å². The number of aliphatic carboxylic acids is 1. The van der Waals surface area contributed by atoms with E-state index in [4.69, 9.17) is 10.1 Å². The summed E-state index contributed by atoms with van der Waals surface area (Å²) in [7, 11) is 0. The van der Waals surface area contributed by atoms with Crippen LogP contribution in [0.5, 0.6) is 0 Å². The van der Waals surface area contributed by atoms with E-state index in [0.29, 0.717) is 30.0 Å². The quantitative estimate of drug-likeness (QED) is 0.241. The van der Waals surface area contributed by atoms with Crippen LogP contribution in [-0.2, 0) is 17.8 Å². The number of anilines is 1. The zero-order valence-electron chi connectivity index (χ0n) is 19.9. The van der Waals surface area contributed by atoms with Gasteiger partial charge in [0.05, 0.1) is 12.1 Å². The molecular formula is C29H28FN3O2S. The summed E-state index contributed by atoms with van der Waals surface area (Å²) in [5, 5.41) is 14.6. The largest absolute Gasteiger partial charge is 0.481 e. The van der Waals surface area contributed by atoms with E-state index in [2.05, 4.69) is 28.9 Å². The molecule has 2 N–H and O–H groups in total. The maximum absolute atomic E-state index is 14.3. The number of carboxylic acids is 1. The Balaban J connectivity index is 1.50. The number of halogens is 1. The fraction of sp³-hybridized carbons (Fsp3) is 0.172. The molecule has 0 bridgehead atoms. The van der Waals surface area contributed by atoms with E-state index in [-0.39, 0.29) is 12.2 Å². The van der Waals surface area contributed by atoms with Gasteiger partial charge in [-0.15, -0.1) is 11.3 Å². The van der Waals surface area contributed by atoms with Crippen molar-refractivity contribution in [2.24, 2.45) is 0 Å². The molecular weight excluding hydrogens is 473 g/mol. The topological polar surface area (TPSA) is 65.5 Å². The number of rotatable bonds is 12. The number of hydrogen-bond donors (Lipinski definition) is 2. The van der Waals surface area contributed by atoms with Crippen molar-refractivity contribution in [2.75, 3.05) is 18.0 Å². The van der Waals surface area contributed by atoms with Gasteiger partial charge in [0.15, 0.2) is 5.13 Å². The average molecular weight is 502 g/mol. The highest BCUT2D eigenvalue weighted by atomic mass is 32.1. The van der Waals surface area contributed by atoms with Crippen LogP contribution in [0.3, 0.4) is 0 Å². The third kappa shape index (κ3) is 6.79. The van der Waals surface area contributed by atoms with Crippen LogP contribution in [0.15, 0.2) is 90.8 Å². The predicted octanol–water partition coefficient (Wildman–Crippen LogP) is 6.23. The number of benzene rings is 3. The van der Waals surface area contributed by atoms with Crippen molar-refractivity contribution in [3.8, 4) is 11.3 Å².